The second kappa shape index (κ2) is 11.2. The maximum Gasteiger partial charge on any atom is 0.302 e. The van der Waals surface area contributed by atoms with Gasteiger partial charge in [0, 0.05) is 58.2 Å². The van der Waals surface area contributed by atoms with Crippen molar-refractivity contribution in [3.63, 3.8) is 0 Å². The summed E-state index contributed by atoms with van der Waals surface area (Å²) in [5.41, 5.74) is 7.84. The van der Waals surface area contributed by atoms with Crippen LogP contribution in [0.15, 0.2) is 36.4 Å². The van der Waals surface area contributed by atoms with E-state index in [1.54, 1.807) is 40.8 Å². The minimum absolute atomic E-state index is 0.0177. The van der Waals surface area contributed by atoms with Crippen LogP contribution >= 0.6 is 21.6 Å². The molecule has 10 heteroatoms. The van der Waals surface area contributed by atoms with Crippen molar-refractivity contribution in [3.05, 3.63) is 69.8 Å². The summed E-state index contributed by atoms with van der Waals surface area (Å²) >= 11 is 0. The minimum atomic E-state index is -0.475. The predicted molar refractivity (Wildman–Crippen MR) is 169 cm³/mol. The van der Waals surface area contributed by atoms with Crippen LogP contribution in [0.3, 0.4) is 0 Å². The van der Waals surface area contributed by atoms with E-state index >= 15 is 0 Å². The highest BCUT2D eigenvalue weighted by molar-refractivity contribution is 8.76. The number of benzene rings is 3. The predicted octanol–water partition coefficient (Wildman–Crippen LogP) is 6.08. The van der Waals surface area contributed by atoms with Gasteiger partial charge in [0.15, 0.2) is 11.5 Å². The average Bonchev–Trinajstić information content (AvgIpc) is 3.19. The number of fused-ring (bicyclic) bond motifs is 7. The summed E-state index contributed by atoms with van der Waals surface area (Å²) in [5.74, 6) is 3.14. The monoisotopic (exact) mass is 619 g/mol. The summed E-state index contributed by atoms with van der Waals surface area (Å²) < 4.78 is 24.7. The molecule has 0 unspecified atom stereocenters. The van der Waals surface area contributed by atoms with Crippen molar-refractivity contribution >= 4 is 33.6 Å². The van der Waals surface area contributed by atoms with Crippen LogP contribution in [0.2, 0.25) is 0 Å². The summed E-state index contributed by atoms with van der Waals surface area (Å²) in [7, 11) is 7.04. The highest BCUT2D eigenvalue weighted by Crippen LogP contribution is 2.59. The lowest BCUT2D eigenvalue weighted by atomic mass is 9.76. The van der Waals surface area contributed by atoms with Crippen molar-refractivity contribution in [1.82, 2.24) is 5.32 Å². The molecule has 3 aromatic rings. The number of phenolic OH excluding ortho intramolecular Hbond substituents is 2. The summed E-state index contributed by atoms with van der Waals surface area (Å²) in [6, 6.07) is 9.47. The lowest BCUT2D eigenvalue weighted by Gasteiger charge is -2.30. The number of nitrogens with one attached hydrogen (secondary N) is 1. The van der Waals surface area contributed by atoms with Gasteiger partial charge in [0.2, 0.25) is 0 Å². The molecule has 0 saturated heterocycles. The van der Waals surface area contributed by atoms with Gasteiger partial charge in [0.1, 0.15) is 36.6 Å². The first-order chi connectivity index (χ1) is 20.9. The van der Waals surface area contributed by atoms with Gasteiger partial charge in [-0.3, -0.25) is 4.79 Å². The molecule has 4 aliphatic rings. The third-order valence-corrected chi connectivity index (χ3v) is 11.2. The van der Waals surface area contributed by atoms with Crippen LogP contribution in [-0.4, -0.2) is 55.3 Å². The summed E-state index contributed by atoms with van der Waals surface area (Å²) in [5, 5.41) is 24.8. The van der Waals surface area contributed by atoms with E-state index in [2.05, 4.69) is 23.5 Å². The van der Waals surface area contributed by atoms with Crippen LogP contribution in [0.25, 0.3) is 17.2 Å². The van der Waals surface area contributed by atoms with E-state index in [1.165, 1.54) is 6.92 Å². The number of likely N-dealkylation sites (N-methyl/N-ethyl adjacent to an activating group) is 1. The molecule has 2 bridgehead atoms. The molecule has 224 valence electrons. The number of carbonyl (C=O) groups is 1. The zero-order valence-electron chi connectivity index (χ0n) is 24.1. The average molecular weight is 620 g/mol. The third kappa shape index (κ3) is 4.80. The number of aromatic hydroxyl groups is 2. The highest BCUT2D eigenvalue weighted by Gasteiger charge is 2.44. The molecule has 0 radical (unpaired) electrons. The lowest BCUT2D eigenvalue weighted by Crippen LogP contribution is -2.28. The summed E-state index contributed by atoms with van der Waals surface area (Å²) in [6.07, 6.45) is 4.32. The van der Waals surface area contributed by atoms with Crippen molar-refractivity contribution < 1.29 is 34.0 Å². The molecule has 0 aromatic heterocycles. The fourth-order valence-corrected chi connectivity index (χ4v) is 9.25. The quantitative estimate of drug-likeness (QED) is 0.235. The zero-order valence-corrected chi connectivity index (χ0v) is 25.8. The Hall–Kier alpha value is -3.47. The first-order valence-electron chi connectivity index (χ1n) is 14.4. The van der Waals surface area contributed by atoms with Crippen LogP contribution in [0.1, 0.15) is 58.2 Å². The van der Waals surface area contributed by atoms with Gasteiger partial charge < -0.3 is 34.5 Å². The standard InChI is InChI=1S/C33H33NO7S2/c1-16(35)39-13-25-22-6-7-23-28-17(9-21(36)11-27(28)38-3)8-18-14-42-43-15-19-10-26(37)31-24(5-4-20(34-2)12-40-31)30(19)33(25)41-32(22)29(18)23/h4-7,9-11,18,20,25,33-34,36-37H,8,12-15H2,1-3H3/t18-,20+,25+,33+/m1/s1. The van der Waals surface area contributed by atoms with Gasteiger partial charge >= 0.3 is 5.97 Å². The molecule has 3 N–H and O–H groups in total. The number of carbonyl (C=O) groups excluding carboxylic acids is 1. The first-order valence-corrected chi connectivity index (χ1v) is 16.8. The Kier molecular flexibility index (Phi) is 7.39. The van der Waals surface area contributed by atoms with Gasteiger partial charge in [-0.05, 0) is 42.3 Å². The number of ether oxygens (including phenoxy) is 4. The Bertz CT molecular complexity index is 1660. The van der Waals surface area contributed by atoms with Crippen molar-refractivity contribution in [2.45, 2.75) is 43.1 Å². The fourth-order valence-electron chi connectivity index (χ4n) is 6.84. The van der Waals surface area contributed by atoms with Gasteiger partial charge in [-0.15, -0.1) is 0 Å². The van der Waals surface area contributed by atoms with Gasteiger partial charge in [-0.25, -0.2) is 0 Å². The summed E-state index contributed by atoms with van der Waals surface area (Å²) in [4.78, 5) is 12.1. The maximum absolute atomic E-state index is 12.1. The molecule has 1 aliphatic carbocycles. The SMILES string of the molecule is CN[C@H]1C=Cc2c(c(O)cc3c2[C@H]2Oc4c(ccc5c4[C@@H](CSSC3)Cc3cc(O)cc(OC)c3-5)[C@@H]2COC(C)=O)OC1. The van der Waals surface area contributed by atoms with E-state index < -0.39 is 6.10 Å². The van der Waals surface area contributed by atoms with Gasteiger partial charge in [-0.2, -0.15) is 0 Å². The second-order valence-corrected chi connectivity index (χ2v) is 13.8. The molecule has 0 amide bonds. The topological polar surface area (TPSA) is 106 Å². The molecule has 7 rings (SSSR count). The Morgan fingerprint density at radius 2 is 1.98 bits per heavy atom. The van der Waals surface area contributed by atoms with Crippen LogP contribution in [0, 0.1) is 0 Å². The van der Waals surface area contributed by atoms with E-state index in [9.17, 15) is 15.0 Å². The molecule has 3 aliphatic heterocycles. The van der Waals surface area contributed by atoms with E-state index in [0.717, 1.165) is 62.4 Å². The van der Waals surface area contributed by atoms with E-state index in [-0.39, 0.29) is 42.0 Å². The van der Waals surface area contributed by atoms with Crippen LogP contribution in [0.4, 0.5) is 0 Å². The van der Waals surface area contributed by atoms with Gasteiger partial charge in [0.05, 0.1) is 19.1 Å². The third-order valence-electron chi connectivity index (χ3n) is 8.78. The number of rotatable bonds is 4. The van der Waals surface area contributed by atoms with Crippen molar-refractivity contribution in [2.75, 3.05) is 33.1 Å². The van der Waals surface area contributed by atoms with E-state index in [1.807, 2.05) is 19.2 Å². The van der Waals surface area contributed by atoms with Crippen LogP contribution < -0.4 is 19.5 Å². The lowest BCUT2D eigenvalue weighted by molar-refractivity contribution is -0.141. The molecule has 3 heterocycles. The van der Waals surface area contributed by atoms with E-state index in [0.29, 0.717) is 23.9 Å². The Morgan fingerprint density at radius 1 is 1.12 bits per heavy atom. The Balaban J connectivity index is 1.46. The Morgan fingerprint density at radius 3 is 2.77 bits per heavy atom. The molecule has 8 nitrogen and oxygen atoms in total. The number of methoxy groups -OCH3 is 1. The molecular weight excluding hydrogens is 586 g/mol. The van der Waals surface area contributed by atoms with Crippen molar-refractivity contribution in [3.8, 4) is 39.9 Å². The zero-order chi connectivity index (χ0) is 29.8. The number of hydrogen-bond acceptors (Lipinski definition) is 10. The van der Waals surface area contributed by atoms with Crippen LogP contribution in [0.5, 0.6) is 28.7 Å². The molecule has 0 saturated carbocycles. The number of hydrogen-bond donors (Lipinski definition) is 3. The van der Waals surface area contributed by atoms with Gasteiger partial charge in [0.25, 0.3) is 0 Å². The van der Waals surface area contributed by atoms with Crippen molar-refractivity contribution in [2.24, 2.45) is 0 Å². The molecule has 0 spiro atoms. The highest BCUT2D eigenvalue weighted by atomic mass is 33.1. The second-order valence-electron chi connectivity index (χ2n) is 11.3. The minimum Gasteiger partial charge on any atom is -0.508 e. The number of esters is 1. The molecule has 0 fully saturated rings. The maximum atomic E-state index is 12.1. The van der Waals surface area contributed by atoms with Crippen LogP contribution in [-0.2, 0) is 21.7 Å². The number of phenols is 2. The smallest absolute Gasteiger partial charge is 0.302 e. The van der Waals surface area contributed by atoms with Gasteiger partial charge in [-0.1, -0.05) is 45.9 Å². The molecule has 43 heavy (non-hydrogen) atoms. The van der Waals surface area contributed by atoms with E-state index in [4.69, 9.17) is 18.9 Å². The largest absolute Gasteiger partial charge is 0.508 e. The fraction of sp³-hybridized carbons (Fsp3) is 0.364. The van der Waals surface area contributed by atoms with Crippen molar-refractivity contribution in [1.29, 1.82) is 0 Å². The Labute approximate surface area is 258 Å². The molecular formula is C33H33NO7S2. The first kappa shape index (κ1) is 28.3. The summed E-state index contributed by atoms with van der Waals surface area (Å²) in [6.45, 7) is 1.96. The normalized spacial score (nSPS) is 23.0. The molecule has 4 atom stereocenters. The molecule has 3 aromatic carbocycles.